The van der Waals surface area contributed by atoms with E-state index in [-0.39, 0.29) is 11.7 Å². The molecular formula is C21H19FN2O2S. The van der Waals surface area contributed by atoms with Gasteiger partial charge in [0, 0.05) is 25.2 Å². The molecule has 0 saturated carbocycles. The van der Waals surface area contributed by atoms with Gasteiger partial charge in [0.15, 0.2) is 0 Å². The number of carbonyl (C=O) groups is 1. The van der Waals surface area contributed by atoms with Gasteiger partial charge in [0.1, 0.15) is 18.2 Å². The Kier molecular flexibility index (Phi) is 4.44. The number of thiazole rings is 1. The van der Waals surface area contributed by atoms with Crippen LogP contribution in [0.1, 0.15) is 31.5 Å². The summed E-state index contributed by atoms with van der Waals surface area (Å²) in [6, 6.07) is 10.3. The lowest BCUT2D eigenvalue weighted by molar-refractivity contribution is 0.0816. The number of amides is 1. The van der Waals surface area contributed by atoms with E-state index in [0.717, 1.165) is 32.3 Å². The lowest BCUT2D eigenvalue weighted by atomic mass is 10.00. The predicted molar refractivity (Wildman–Crippen MR) is 104 cm³/mol. The SMILES string of the molecule is Cc1nc(C)c(COc2cc(F)cc(-c3ccc4c(c3)CN(C)C4=O)c2)s1. The Morgan fingerprint density at radius 3 is 2.74 bits per heavy atom. The van der Waals surface area contributed by atoms with Crippen LogP contribution in [0.4, 0.5) is 4.39 Å². The Hall–Kier alpha value is -2.73. The van der Waals surface area contributed by atoms with Crippen LogP contribution in [0.5, 0.6) is 5.75 Å². The molecule has 2 heterocycles. The molecule has 1 aliphatic rings. The highest BCUT2D eigenvalue weighted by atomic mass is 32.1. The molecule has 1 aliphatic heterocycles. The average molecular weight is 382 g/mol. The van der Waals surface area contributed by atoms with Crippen LogP contribution in [0.3, 0.4) is 0 Å². The molecule has 0 N–H and O–H groups in total. The lowest BCUT2D eigenvalue weighted by Crippen LogP contribution is -2.17. The quantitative estimate of drug-likeness (QED) is 0.655. The zero-order valence-corrected chi connectivity index (χ0v) is 16.2. The Labute approximate surface area is 161 Å². The molecule has 0 aliphatic carbocycles. The monoisotopic (exact) mass is 382 g/mol. The van der Waals surface area contributed by atoms with E-state index in [1.165, 1.54) is 12.1 Å². The molecule has 0 fully saturated rings. The number of hydrogen-bond donors (Lipinski definition) is 0. The first-order chi connectivity index (χ1) is 12.9. The number of hydrogen-bond acceptors (Lipinski definition) is 4. The number of benzene rings is 2. The van der Waals surface area contributed by atoms with Gasteiger partial charge < -0.3 is 9.64 Å². The van der Waals surface area contributed by atoms with Crippen molar-refractivity contribution in [2.45, 2.75) is 27.0 Å². The summed E-state index contributed by atoms with van der Waals surface area (Å²) in [6.45, 7) is 4.84. The van der Waals surface area contributed by atoms with E-state index in [2.05, 4.69) is 4.98 Å². The number of aromatic nitrogens is 1. The van der Waals surface area contributed by atoms with E-state index >= 15 is 0 Å². The van der Waals surface area contributed by atoms with Crippen LogP contribution in [0.2, 0.25) is 0 Å². The van der Waals surface area contributed by atoms with Crippen molar-refractivity contribution in [1.29, 1.82) is 0 Å². The van der Waals surface area contributed by atoms with E-state index in [1.54, 1.807) is 23.3 Å². The van der Waals surface area contributed by atoms with Gasteiger partial charge in [0.25, 0.3) is 5.91 Å². The van der Waals surface area contributed by atoms with Crippen molar-refractivity contribution in [2.75, 3.05) is 7.05 Å². The van der Waals surface area contributed by atoms with Crippen LogP contribution in [-0.4, -0.2) is 22.8 Å². The summed E-state index contributed by atoms with van der Waals surface area (Å²) in [7, 11) is 1.78. The fourth-order valence-electron chi connectivity index (χ4n) is 3.31. The van der Waals surface area contributed by atoms with Crippen molar-refractivity contribution < 1.29 is 13.9 Å². The number of ether oxygens (including phenoxy) is 1. The van der Waals surface area contributed by atoms with Crippen LogP contribution in [0, 0.1) is 19.7 Å². The summed E-state index contributed by atoms with van der Waals surface area (Å²) in [5.41, 5.74) is 4.22. The number of halogens is 1. The third-order valence-electron chi connectivity index (χ3n) is 4.66. The van der Waals surface area contributed by atoms with Crippen LogP contribution < -0.4 is 4.74 Å². The van der Waals surface area contributed by atoms with Crippen LogP contribution in [0.15, 0.2) is 36.4 Å². The molecule has 4 rings (SSSR count). The topological polar surface area (TPSA) is 42.4 Å². The first kappa shape index (κ1) is 17.7. The maximum atomic E-state index is 14.2. The number of fused-ring (bicyclic) bond motifs is 1. The van der Waals surface area contributed by atoms with Gasteiger partial charge in [-0.15, -0.1) is 11.3 Å². The minimum Gasteiger partial charge on any atom is -0.488 e. The van der Waals surface area contributed by atoms with Crippen LogP contribution >= 0.6 is 11.3 Å². The van der Waals surface area contributed by atoms with E-state index in [9.17, 15) is 9.18 Å². The average Bonchev–Trinajstić information content (AvgIpc) is 3.10. The third kappa shape index (κ3) is 3.45. The maximum absolute atomic E-state index is 14.2. The molecule has 1 aromatic heterocycles. The molecule has 4 nitrogen and oxygen atoms in total. The Balaban J connectivity index is 1.60. The minimum absolute atomic E-state index is 0.0232. The lowest BCUT2D eigenvalue weighted by Gasteiger charge is -2.09. The summed E-state index contributed by atoms with van der Waals surface area (Å²) in [5.74, 6) is 0.146. The van der Waals surface area contributed by atoms with Crippen molar-refractivity contribution in [3.05, 3.63) is 68.9 Å². The molecule has 1 amide bonds. The minimum atomic E-state index is -0.353. The second-order valence-corrected chi connectivity index (χ2v) is 8.03. The Morgan fingerprint density at radius 1 is 1.19 bits per heavy atom. The van der Waals surface area contributed by atoms with E-state index < -0.39 is 0 Å². The standard InChI is InChI=1S/C21H19FN2O2S/c1-12-20(27-13(2)23-12)11-26-18-8-15(7-17(22)9-18)14-4-5-19-16(6-14)10-24(3)21(19)25/h4-9H,10-11H2,1-3H3. The zero-order chi connectivity index (χ0) is 19.1. The normalized spacial score (nSPS) is 13.2. The van der Waals surface area contributed by atoms with Crippen molar-refractivity contribution in [2.24, 2.45) is 0 Å². The van der Waals surface area contributed by atoms with Gasteiger partial charge in [-0.05, 0) is 54.8 Å². The molecule has 6 heteroatoms. The van der Waals surface area contributed by atoms with Gasteiger partial charge >= 0.3 is 0 Å². The largest absolute Gasteiger partial charge is 0.488 e. The van der Waals surface area contributed by atoms with Crippen molar-refractivity contribution in [3.63, 3.8) is 0 Å². The molecule has 0 atom stereocenters. The highest BCUT2D eigenvalue weighted by Gasteiger charge is 2.24. The summed E-state index contributed by atoms with van der Waals surface area (Å²) < 4.78 is 20.0. The molecule has 3 aromatic rings. The summed E-state index contributed by atoms with van der Waals surface area (Å²) in [4.78, 5) is 19.1. The molecule has 27 heavy (non-hydrogen) atoms. The predicted octanol–water partition coefficient (Wildman–Crippen LogP) is 4.73. The fourth-order valence-corrected chi connectivity index (χ4v) is 4.17. The molecule has 2 aromatic carbocycles. The van der Waals surface area contributed by atoms with Gasteiger partial charge in [0.2, 0.25) is 0 Å². The molecule has 0 saturated heterocycles. The van der Waals surface area contributed by atoms with Gasteiger partial charge in [0.05, 0.1) is 15.6 Å². The fraction of sp³-hybridized carbons (Fsp3) is 0.238. The van der Waals surface area contributed by atoms with Crippen molar-refractivity contribution >= 4 is 17.2 Å². The van der Waals surface area contributed by atoms with Gasteiger partial charge in [-0.3, -0.25) is 4.79 Å². The van der Waals surface area contributed by atoms with E-state index in [1.807, 2.05) is 38.1 Å². The molecule has 0 spiro atoms. The van der Waals surface area contributed by atoms with Gasteiger partial charge in [-0.1, -0.05) is 6.07 Å². The summed E-state index contributed by atoms with van der Waals surface area (Å²) >= 11 is 1.59. The second kappa shape index (κ2) is 6.78. The zero-order valence-electron chi connectivity index (χ0n) is 15.4. The number of rotatable bonds is 4. The number of aryl methyl sites for hydroxylation is 2. The highest BCUT2D eigenvalue weighted by Crippen LogP contribution is 2.31. The van der Waals surface area contributed by atoms with Crippen LogP contribution in [-0.2, 0) is 13.2 Å². The van der Waals surface area contributed by atoms with Gasteiger partial charge in [-0.25, -0.2) is 9.37 Å². The van der Waals surface area contributed by atoms with E-state index in [4.69, 9.17) is 4.74 Å². The molecule has 138 valence electrons. The second-order valence-electron chi connectivity index (χ2n) is 6.74. The van der Waals surface area contributed by atoms with Gasteiger partial charge in [-0.2, -0.15) is 0 Å². The Bertz CT molecular complexity index is 1040. The molecule has 0 unspecified atom stereocenters. The summed E-state index contributed by atoms with van der Waals surface area (Å²) in [5, 5.41) is 0.990. The molecular weight excluding hydrogens is 363 g/mol. The summed E-state index contributed by atoms with van der Waals surface area (Å²) in [6.07, 6.45) is 0. The van der Waals surface area contributed by atoms with Crippen molar-refractivity contribution in [1.82, 2.24) is 9.88 Å². The third-order valence-corrected chi connectivity index (χ3v) is 5.71. The molecule has 0 radical (unpaired) electrons. The highest BCUT2D eigenvalue weighted by molar-refractivity contribution is 7.11. The maximum Gasteiger partial charge on any atom is 0.254 e. The number of carbonyl (C=O) groups excluding carboxylic acids is 1. The van der Waals surface area contributed by atoms with Crippen molar-refractivity contribution in [3.8, 4) is 16.9 Å². The number of nitrogens with zero attached hydrogens (tertiary/aromatic N) is 2. The van der Waals surface area contributed by atoms with Crippen LogP contribution in [0.25, 0.3) is 11.1 Å². The Morgan fingerprint density at radius 2 is 2.00 bits per heavy atom. The first-order valence-electron chi connectivity index (χ1n) is 8.66. The molecule has 0 bridgehead atoms. The van der Waals surface area contributed by atoms with E-state index in [0.29, 0.717) is 24.5 Å². The smallest absolute Gasteiger partial charge is 0.254 e. The first-order valence-corrected chi connectivity index (χ1v) is 9.47.